The minimum Gasteiger partial charge on any atom is -0.370 e. The van der Waals surface area contributed by atoms with Crippen LogP contribution < -0.4 is 11.1 Å². The molecule has 18 heavy (non-hydrogen) atoms. The molecule has 6 heteroatoms. The monoisotopic (exact) mass is 380 g/mol. The van der Waals surface area contributed by atoms with E-state index in [1.807, 2.05) is 13.1 Å². The second-order valence-corrected chi connectivity index (χ2v) is 5.85. The Balaban J connectivity index is 0.00000162. The van der Waals surface area contributed by atoms with Crippen LogP contribution in [0.25, 0.3) is 0 Å². The van der Waals surface area contributed by atoms with Gasteiger partial charge in [0.05, 0.1) is 11.6 Å². The van der Waals surface area contributed by atoms with Crippen LogP contribution in [0.1, 0.15) is 42.0 Å². The number of nitrogens with two attached hydrogens (primary N) is 1. The number of halogens is 1. The summed E-state index contributed by atoms with van der Waals surface area (Å²) in [5.41, 5.74) is 5.88. The largest absolute Gasteiger partial charge is 0.370 e. The standard InChI is InChI=1S/C12H20N4S.HI/c1-9-14-7-11(17-9)8-15-12(13)16-10-5-3-2-4-6-10;/h7,10H,2-6,8H2,1H3,(H3,13,15,16);1H. The predicted octanol–water partition coefficient (Wildman–Crippen LogP) is 2.81. The third-order valence-electron chi connectivity index (χ3n) is 3.03. The summed E-state index contributed by atoms with van der Waals surface area (Å²) in [6.45, 7) is 2.64. The Bertz CT molecular complexity index is 385. The molecule has 0 spiro atoms. The lowest BCUT2D eigenvalue weighted by molar-refractivity contribution is 0.412. The molecule has 1 heterocycles. The molecule has 0 saturated heterocycles. The number of nitrogens with one attached hydrogen (secondary N) is 1. The Hall–Kier alpha value is -0.370. The molecule has 0 bridgehead atoms. The molecule has 4 nitrogen and oxygen atoms in total. The van der Waals surface area contributed by atoms with E-state index >= 15 is 0 Å². The second kappa shape index (κ2) is 7.93. The van der Waals surface area contributed by atoms with Crippen molar-refractivity contribution in [1.82, 2.24) is 10.3 Å². The zero-order valence-corrected chi connectivity index (χ0v) is 13.8. The van der Waals surface area contributed by atoms with Crippen molar-refractivity contribution in [2.75, 3.05) is 0 Å². The first-order valence-corrected chi connectivity index (χ1v) is 7.03. The number of hydrogen-bond acceptors (Lipinski definition) is 3. The van der Waals surface area contributed by atoms with Gasteiger partial charge in [0.1, 0.15) is 0 Å². The first-order chi connectivity index (χ1) is 8.24. The molecule has 0 aromatic carbocycles. The van der Waals surface area contributed by atoms with Gasteiger partial charge in [-0.2, -0.15) is 0 Å². The molecule has 1 fully saturated rings. The molecule has 1 aromatic rings. The fourth-order valence-electron chi connectivity index (χ4n) is 2.14. The van der Waals surface area contributed by atoms with Crippen LogP contribution in [0.5, 0.6) is 0 Å². The molecule has 1 aromatic heterocycles. The van der Waals surface area contributed by atoms with Gasteiger partial charge in [0.2, 0.25) is 0 Å². The Morgan fingerprint density at radius 3 is 2.83 bits per heavy atom. The van der Waals surface area contributed by atoms with Gasteiger partial charge in [-0.1, -0.05) is 19.3 Å². The van der Waals surface area contributed by atoms with Gasteiger partial charge in [0.15, 0.2) is 5.96 Å². The van der Waals surface area contributed by atoms with Gasteiger partial charge in [-0.15, -0.1) is 35.3 Å². The van der Waals surface area contributed by atoms with Crippen LogP contribution in [0.2, 0.25) is 0 Å². The lowest BCUT2D eigenvalue weighted by atomic mass is 9.96. The van der Waals surface area contributed by atoms with E-state index in [0.29, 0.717) is 18.5 Å². The highest BCUT2D eigenvalue weighted by molar-refractivity contribution is 14.0. The van der Waals surface area contributed by atoms with E-state index < -0.39 is 0 Å². The minimum atomic E-state index is 0. The van der Waals surface area contributed by atoms with Crippen molar-refractivity contribution in [3.63, 3.8) is 0 Å². The average Bonchev–Trinajstić information content (AvgIpc) is 2.74. The Morgan fingerprint density at radius 2 is 2.22 bits per heavy atom. The van der Waals surface area contributed by atoms with Gasteiger partial charge in [0.25, 0.3) is 0 Å². The van der Waals surface area contributed by atoms with E-state index in [-0.39, 0.29) is 24.0 Å². The number of hydrogen-bond donors (Lipinski definition) is 2. The van der Waals surface area contributed by atoms with E-state index in [4.69, 9.17) is 5.73 Å². The summed E-state index contributed by atoms with van der Waals surface area (Å²) in [7, 11) is 0. The van der Waals surface area contributed by atoms with Crippen molar-refractivity contribution in [1.29, 1.82) is 0 Å². The molecule has 0 aliphatic heterocycles. The van der Waals surface area contributed by atoms with E-state index in [1.165, 1.54) is 32.1 Å². The minimum absolute atomic E-state index is 0. The second-order valence-electron chi connectivity index (χ2n) is 4.53. The Morgan fingerprint density at radius 1 is 1.50 bits per heavy atom. The van der Waals surface area contributed by atoms with Crippen molar-refractivity contribution in [2.24, 2.45) is 10.7 Å². The van der Waals surface area contributed by atoms with Gasteiger partial charge in [0, 0.05) is 17.1 Å². The summed E-state index contributed by atoms with van der Waals surface area (Å²) >= 11 is 1.67. The molecular formula is C12H21IN4S. The van der Waals surface area contributed by atoms with Crippen LogP contribution in [-0.4, -0.2) is 17.0 Å². The van der Waals surface area contributed by atoms with Gasteiger partial charge >= 0.3 is 0 Å². The molecule has 0 amide bonds. The van der Waals surface area contributed by atoms with Crippen molar-refractivity contribution >= 4 is 41.3 Å². The molecular weight excluding hydrogens is 359 g/mol. The highest BCUT2D eigenvalue weighted by Gasteiger charge is 2.13. The summed E-state index contributed by atoms with van der Waals surface area (Å²) in [5, 5.41) is 4.39. The van der Waals surface area contributed by atoms with E-state index in [0.717, 1.165) is 9.88 Å². The number of guanidine groups is 1. The summed E-state index contributed by atoms with van der Waals surface area (Å²) < 4.78 is 0. The maximum absolute atomic E-state index is 5.88. The van der Waals surface area contributed by atoms with Crippen molar-refractivity contribution in [2.45, 2.75) is 51.6 Å². The normalized spacial score (nSPS) is 17.3. The zero-order chi connectivity index (χ0) is 12.1. The molecule has 1 saturated carbocycles. The van der Waals surface area contributed by atoms with Crippen LogP contribution in [0.4, 0.5) is 0 Å². The fourth-order valence-corrected chi connectivity index (χ4v) is 2.86. The molecule has 1 aliphatic rings. The molecule has 0 unspecified atom stereocenters. The highest BCUT2D eigenvalue weighted by atomic mass is 127. The molecule has 0 radical (unpaired) electrons. The number of thiazole rings is 1. The third kappa shape index (κ3) is 5.09. The first kappa shape index (κ1) is 15.7. The van der Waals surface area contributed by atoms with E-state index in [2.05, 4.69) is 15.3 Å². The zero-order valence-electron chi connectivity index (χ0n) is 10.7. The molecule has 0 atom stereocenters. The maximum Gasteiger partial charge on any atom is 0.189 e. The number of aromatic nitrogens is 1. The van der Waals surface area contributed by atoms with E-state index in [9.17, 15) is 0 Å². The van der Waals surface area contributed by atoms with Crippen LogP contribution in [-0.2, 0) is 6.54 Å². The van der Waals surface area contributed by atoms with Gasteiger partial charge in [-0.3, -0.25) is 0 Å². The topological polar surface area (TPSA) is 63.3 Å². The number of aryl methyl sites for hydroxylation is 1. The lowest BCUT2D eigenvalue weighted by Gasteiger charge is -2.23. The number of aliphatic imine (C=N–C) groups is 1. The summed E-state index contributed by atoms with van der Waals surface area (Å²) in [6.07, 6.45) is 8.27. The molecule has 102 valence electrons. The quantitative estimate of drug-likeness (QED) is 0.482. The predicted molar refractivity (Wildman–Crippen MR) is 87.6 cm³/mol. The van der Waals surface area contributed by atoms with Gasteiger partial charge in [-0.25, -0.2) is 9.98 Å². The summed E-state index contributed by atoms with van der Waals surface area (Å²) in [4.78, 5) is 9.72. The summed E-state index contributed by atoms with van der Waals surface area (Å²) in [6, 6.07) is 0.524. The Labute approximate surface area is 129 Å². The summed E-state index contributed by atoms with van der Waals surface area (Å²) in [5.74, 6) is 0.572. The molecule has 2 rings (SSSR count). The number of nitrogens with zero attached hydrogens (tertiary/aromatic N) is 2. The van der Waals surface area contributed by atoms with Crippen LogP contribution >= 0.6 is 35.3 Å². The smallest absolute Gasteiger partial charge is 0.189 e. The molecule has 3 N–H and O–H groups in total. The third-order valence-corrected chi connectivity index (χ3v) is 3.93. The lowest BCUT2D eigenvalue weighted by Crippen LogP contribution is -2.41. The van der Waals surface area contributed by atoms with Crippen LogP contribution in [0.3, 0.4) is 0 Å². The SMILES string of the molecule is Cc1ncc(CN=C(N)NC2CCCCC2)s1.I. The van der Waals surface area contributed by atoms with Crippen molar-refractivity contribution in [3.05, 3.63) is 16.1 Å². The fraction of sp³-hybridized carbons (Fsp3) is 0.667. The van der Waals surface area contributed by atoms with Crippen molar-refractivity contribution in [3.8, 4) is 0 Å². The van der Waals surface area contributed by atoms with E-state index in [1.54, 1.807) is 11.3 Å². The first-order valence-electron chi connectivity index (χ1n) is 6.22. The number of rotatable bonds is 3. The van der Waals surface area contributed by atoms with Crippen LogP contribution in [0, 0.1) is 6.92 Å². The van der Waals surface area contributed by atoms with Crippen LogP contribution in [0.15, 0.2) is 11.2 Å². The maximum atomic E-state index is 5.88. The van der Waals surface area contributed by atoms with Gasteiger partial charge in [-0.05, 0) is 19.8 Å². The average molecular weight is 380 g/mol. The van der Waals surface area contributed by atoms with Crippen molar-refractivity contribution < 1.29 is 0 Å². The molecule has 1 aliphatic carbocycles. The highest BCUT2D eigenvalue weighted by Crippen LogP contribution is 2.17. The Kier molecular flexibility index (Phi) is 6.91. The van der Waals surface area contributed by atoms with Gasteiger partial charge < -0.3 is 11.1 Å².